The van der Waals surface area contributed by atoms with E-state index in [0.29, 0.717) is 31.6 Å². The zero-order valence-electron chi connectivity index (χ0n) is 17.5. The third kappa shape index (κ3) is 4.55. The fraction of sp³-hybridized carbons (Fsp3) is 0.500. The van der Waals surface area contributed by atoms with Gasteiger partial charge in [0.1, 0.15) is 0 Å². The zero-order chi connectivity index (χ0) is 21.1. The normalized spacial score (nSPS) is 16.0. The molecular weight excluding hydrogens is 400 g/mol. The number of nitrogens with one attached hydrogen (secondary N) is 1. The van der Waals surface area contributed by atoms with E-state index in [4.69, 9.17) is 19.8 Å². The van der Waals surface area contributed by atoms with Crippen molar-refractivity contribution in [2.24, 2.45) is 13.0 Å². The Bertz CT molecular complexity index is 1040. The Morgan fingerprint density at radius 1 is 1.37 bits per heavy atom. The summed E-state index contributed by atoms with van der Waals surface area (Å²) in [6.07, 6.45) is 4.41. The van der Waals surface area contributed by atoms with Gasteiger partial charge in [-0.25, -0.2) is 9.97 Å². The number of aliphatic hydroxyl groups is 1. The minimum Gasteiger partial charge on any atom is -0.394 e. The third-order valence-corrected chi connectivity index (χ3v) is 6.57. The Hall–Kier alpha value is -2.29. The highest BCUT2D eigenvalue weighted by Crippen LogP contribution is 2.33. The quantitative estimate of drug-likeness (QED) is 0.397. The number of hydrogen-bond donors (Lipinski definition) is 2. The highest BCUT2D eigenvalue weighted by Gasteiger charge is 2.20. The van der Waals surface area contributed by atoms with Crippen LogP contribution in [0.3, 0.4) is 0 Å². The highest BCUT2D eigenvalue weighted by atomic mass is 32.1. The predicted octanol–water partition coefficient (Wildman–Crippen LogP) is 3.87. The summed E-state index contributed by atoms with van der Waals surface area (Å²) in [7, 11) is 1.97. The van der Waals surface area contributed by atoms with Crippen molar-refractivity contribution >= 4 is 39.2 Å². The number of rotatable bonds is 9. The third-order valence-electron chi connectivity index (χ3n) is 5.54. The van der Waals surface area contributed by atoms with Gasteiger partial charge in [0, 0.05) is 30.5 Å². The number of aliphatic hydroxyl groups excluding tert-OH is 1. The molecule has 2 N–H and O–H groups in total. The van der Waals surface area contributed by atoms with Crippen molar-refractivity contribution in [3.8, 4) is 0 Å². The van der Waals surface area contributed by atoms with Gasteiger partial charge in [0.25, 0.3) is 0 Å². The second kappa shape index (κ2) is 9.24. The Balaban J connectivity index is 1.46. The number of hydrogen-bond acceptors (Lipinski definition) is 7. The number of thiazole rings is 1. The molecule has 2 aromatic heterocycles. The van der Waals surface area contributed by atoms with E-state index in [2.05, 4.69) is 12.2 Å². The Kier molecular flexibility index (Phi) is 6.46. The van der Waals surface area contributed by atoms with E-state index in [0.717, 1.165) is 40.9 Å². The van der Waals surface area contributed by atoms with Crippen LogP contribution in [-0.4, -0.2) is 45.2 Å². The highest BCUT2D eigenvalue weighted by molar-refractivity contribution is 7.15. The maximum atomic E-state index is 12.5. The molecule has 30 heavy (non-hydrogen) atoms. The molecule has 160 valence electrons. The molecule has 7 nitrogen and oxygen atoms in total. The fourth-order valence-corrected chi connectivity index (χ4v) is 4.98. The average molecular weight is 429 g/mol. The maximum absolute atomic E-state index is 12.5. The van der Waals surface area contributed by atoms with Crippen LogP contribution in [0.2, 0.25) is 0 Å². The Morgan fingerprint density at radius 3 is 3.07 bits per heavy atom. The molecule has 4 rings (SSSR count). The molecule has 8 heteroatoms. The van der Waals surface area contributed by atoms with Gasteiger partial charge in [-0.05, 0) is 49.8 Å². The summed E-state index contributed by atoms with van der Waals surface area (Å²) in [6, 6.07) is 5.65. The summed E-state index contributed by atoms with van der Waals surface area (Å²) >= 11 is 1.72. The van der Waals surface area contributed by atoms with Gasteiger partial charge in [0.2, 0.25) is 5.95 Å². The lowest BCUT2D eigenvalue weighted by molar-refractivity contribution is 0.0832. The van der Waals surface area contributed by atoms with E-state index in [1.165, 1.54) is 17.0 Å². The lowest BCUT2D eigenvalue weighted by atomic mass is 9.93. The Morgan fingerprint density at radius 2 is 2.23 bits per heavy atom. The monoisotopic (exact) mass is 428 g/mol. The number of nitrogens with zero attached hydrogens (tertiary/aromatic N) is 3. The van der Waals surface area contributed by atoms with Gasteiger partial charge in [0.05, 0.1) is 29.9 Å². The molecule has 1 aliphatic carbocycles. The lowest BCUT2D eigenvalue weighted by Crippen LogP contribution is -2.09. The van der Waals surface area contributed by atoms with E-state index in [-0.39, 0.29) is 12.4 Å². The molecular formula is C22H28N4O3S. The number of anilines is 2. The minimum absolute atomic E-state index is 0.00337. The number of carbonyl (C=O) groups excluding carboxylic acids is 1. The van der Waals surface area contributed by atoms with Gasteiger partial charge in [-0.1, -0.05) is 6.92 Å². The molecule has 2 heterocycles. The van der Waals surface area contributed by atoms with Crippen molar-refractivity contribution in [1.29, 1.82) is 0 Å². The molecule has 1 aromatic carbocycles. The molecule has 0 amide bonds. The number of fused-ring (bicyclic) bond motifs is 2. The Labute approximate surface area is 180 Å². The van der Waals surface area contributed by atoms with Crippen LogP contribution in [0.1, 0.15) is 47.1 Å². The number of aryl methyl sites for hydroxylation is 2. The van der Waals surface area contributed by atoms with E-state index >= 15 is 0 Å². The van der Waals surface area contributed by atoms with Gasteiger partial charge >= 0.3 is 0 Å². The smallest absolute Gasteiger partial charge is 0.209 e. The topological polar surface area (TPSA) is 89.3 Å². The number of ether oxygens (including phenoxy) is 1. The first-order valence-corrected chi connectivity index (χ1v) is 11.3. The van der Waals surface area contributed by atoms with Crippen LogP contribution in [0.15, 0.2) is 18.2 Å². The van der Waals surface area contributed by atoms with Crippen LogP contribution in [-0.2, 0) is 24.6 Å². The molecule has 0 saturated heterocycles. The van der Waals surface area contributed by atoms with Crippen molar-refractivity contribution in [3.63, 3.8) is 0 Å². The molecule has 0 spiro atoms. The van der Waals surface area contributed by atoms with Crippen LogP contribution in [0.25, 0.3) is 11.0 Å². The van der Waals surface area contributed by atoms with Crippen molar-refractivity contribution in [1.82, 2.24) is 14.5 Å². The molecule has 1 aliphatic rings. The van der Waals surface area contributed by atoms with Crippen molar-refractivity contribution < 1.29 is 14.6 Å². The van der Waals surface area contributed by atoms with Gasteiger partial charge < -0.3 is 19.7 Å². The second-order valence-corrected chi connectivity index (χ2v) is 9.01. The predicted molar refractivity (Wildman–Crippen MR) is 119 cm³/mol. The van der Waals surface area contributed by atoms with Crippen molar-refractivity contribution in [2.45, 2.75) is 39.0 Å². The van der Waals surface area contributed by atoms with Crippen LogP contribution in [0.4, 0.5) is 11.1 Å². The molecule has 0 fully saturated rings. The first-order valence-electron chi connectivity index (χ1n) is 10.5. The van der Waals surface area contributed by atoms with E-state index in [1.54, 1.807) is 11.3 Å². The van der Waals surface area contributed by atoms with Crippen molar-refractivity contribution in [2.75, 3.05) is 25.1 Å². The molecule has 1 atom stereocenters. The second-order valence-electron chi connectivity index (χ2n) is 7.92. The number of benzene rings is 1. The number of Topliss-reactive ketones (excluding diaryl/α,β-unsaturated/α-hetero) is 1. The molecule has 1 unspecified atom stereocenters. The maximum Gasteiger partial charge on any atom is 0.209 e. The molecule has 3 aromatic rings. The molecule has 0 aliphatic heterocycles. The summed E-state index contributed by atoms with van der Waals surface area (Å²) in [4.78, 5) is 23.3. The zero-order valence-corrected chi connectivity index (χ0v) is 18.3. The summed E-state index contributed by atoms with van der Waals surface area (Å²) in [5.74, 6) is 1.52. The summed E-state index contributed by atoms with van der Waals surface area (Å²) in [5, 5.41) is 13.0. The van der Waals surface area contributed by atoms with Crippen LogP contribution in [0.5, 0.6) is 0 Å². The van der Waals surface area contributed by atoms with Gasteiger partial charge in [-0.2, -0.15) is 0 Å². The standard InChI is InChI=1S/C22H28N4O3S/c1-14-5-7-16-20(12-14)30-22(24-16)25-21-23-17-13-15(6-8-18(17)26(21)2)19(28)4-3-10-29-11-9-27/h6,8,13-14,27H,3-5,7,9-12H2,1-2H3,(H,23,24,25). The lowest BCUT2D eigenvalue weighted by Gasteiger charge is -2.15. The largest absolute Gasteiger partial charge is 0.394 e. The number of imidazole rings is 1. The SMILES string of the molecule is CC1CCc2nc(Nc3nc4cc(C(=O)CCCOCCO)ccc4n3C)sc2C1. The minimum atomic E-state index is 0.00337. The number of aromatic nitrogens is 3. The van der Waals surface area contributed by atoms with Gasteiger partial charge in [-0.3, -0.25) is 4.79 Å². The summed E-state index contributed by atoms with van der Waals surface area (Å²) in [6.45, 7) is 3.08. The van der Waals surface area contributed by atoms with Crippen LogP contribution in [0, 0.1) is 5.92 Å². The van der Waals surface area contributed by atoms with E-state index in [9.17, 15) is 4.79 Å². The molecule has 0 bridgehead atoms. The van der Waals surface area contributed by atoms with Crippen LogP contribution >= 0.6 is 11.3 Å². The van der Waals surface area contributed by atoms with Gasteiger partial charge in [-0.15, -0.1) is 11.3 Å². The average Bonchev–Trinajstić information content (AvgIpc) is 3.27. The fourth-order valence-electron chi connectivity index (χ4n) is 3.82. The van der Waals surface area contributed by atoms with E-state index < -0.39 is 0 Å². The van der Waals surface area contributed by atoms with Gasteiger partial charge in [0.15, 0.2) is 10.9 Å². The summed E-state index contributed by atoms with van der Waals surface area (Å²) < 4.78 is 7.22. The molecule has 0 saturated carbocycles. The van der Waals surface area contributed by atoms with E-state index in [1.807, 2.05) is 29.8 Å². The first kappa shape index (κ1) is 21.0. The number of ketones is 1. The first-order chi connectivity index (χ1) is 14.5. The number of carbonyl (C=O) groups is 1. The summed E-state index contributed by atoms with van der Waals surface area (Å²) in [5.41, 5.74) is 3.64. The van der Waals surface area contributed by atoms with Crippen LogP contribution < -0.4 is 5.32 Å². The van der Waals surface area contributed by atoms with Crippen molar-refractivity contribution in [3.05, 3.63) is 34.3 Å². The molecule has 0 radical (unpaired) electrons.